The first-order valence-electron chi connectivity index (χ1n) is 12.4. The third-order valence-corrected chi connectivity index (χ3v) is 7.14. The quantitative estimate of drug-likeness (QED) is 0.241. The van der Waals surface area contributed by atoms with Crippen LogP contribution in [0.25, 0.3) is 0 Å². The maximum absolute atomic E-state index is 14.5. The van der Waals surface area contributed by atoms with Crippen LogP contribution in [0.5, 0.6) is 11.5 Å². The molecule has 1 unspecified atom stereocenters. The van der Waals surface area contributed by atoms with Gasteiger partial charge in [0.1, 0.15) is 16.5 Å². The smallest absolute Gasteiger partial charge is 0.271 e. The number of thiazole rings is 1. The minimum Gasteiger partial charge on any atom is -0.493 e. The fraction of sp³-hybridized carbons (Fsp3) is 0.267. The van der Waals surface area contributed by atoms with Crippen LogP contribution in [0.2, 0.25) is 0 Å². The van der Waals surface area contributed by atoms with Gasteiger partial charge in [0.25, 0.3) is 5.91 Å². The average Bonchev–Trinajstić information content (AvgIpc) is 3.42. The molecule has 6 nitrogen and oxygen atoms in total. The van der Waals surface area contributed by atoms with Crippen molar-refractivity contribution < 1.29 is 18.7 Å². The van der Waals surface area contributed by atoms with Crippen LogP contribution in [0.15, 0.2) is 78.2 Å². The molecule has 0 fully saturated rings. The molecular weight excluding hydrogens is 501 g/mol. The van der Waals surface area contributed by atoms with Crippen molar-refractivity contribution in [2.45, 2.75) is 32.5 Å². The number of halogens is 1. The largest absolute Gasteiger partial charge is 0.493 e. The number of hydrogen-bond donors (Lipinski definition) is 1. The van der Waals surface area contributed by atoms with Gasteiger partial charge in [-0.15, -0.1) is 11.3 Å². The summed E-state index contributed by atoms with van der Waals surface area (Å²) in [5, 5.41) is 5.59. The number of nitrogens with one attached hydrogen (secondary N) is 1. The molecule has 0 aliphatic rings. The second kappa shape index (κ2) is 13.2. The molecule has 8 heteroatoms. The Morgan fingerprint density at radius 3 is 2.47 bits per heavy atom. The zero-order chi connectivity index (χ0) is 26.9. The second-order valence-corrected chi connectivity index (χ2v) is 9.92. The van der Waals surface area contributed by atoms with Crippen LogP contribution in [-0.4, -0.2) is 36.6 Å². The van der Waals surface area contributed by atoms with Crippen LogP contribution in [0.4, 0.5) is 4.39 Å². The van der Waals surface area contributed by atoms with Gasteiger partial charge in [-0.3, -0.25) is 9.69 Å². The molecule has 1 N–H and O–H groups in total. The molecule has 1 heterocycles. The van der Waals surface area contributed by atoms with Crippen molar-refractivity contribution in [3.05, 3.63) is 111 Å². The highest BCUT2D eigenvalue weighted by Gasteiger charge is 2.17. The fourth-order valence-corrected chi connectivity index (χ4v) is 5.00. The van der Waals surface area contributed by atoms with Gasteiger partial charge in [0, 0.05) is 24.0 Å². The van der Waals surface area contributed by atoms with E-state index in [0.717, 1.165) is 22.6 Å². The van der Waals surface area contributed by atoms with Crippen molar-refractivity contribution in [1.82, 2.24) is 15.2 Å². The summed E-state index contributed by atoms with van der Waals surface area (Å²) in [5.41, 5.74) is 3.11. The van der Waals surface area contributed by atoms with Crippen molar-refractivity contribution in [2.75, 3.05) is 20.8 Å². The number of hydrogen-bond acceptors (Lipinski definition) is 6. The Morgan fingerprint density at radius 2 is 1.74 bits per heavy atom. The lowest BCUT2D eigenvalue weighted by Crippen LogP contribution is -2.27. The minimum absolute atomic E-state index is 0.132. The standard InChI is InChI=1S/C30H32FN3O3S/c1-21(23-9-5-4-6-10-23)32-30(35)26-20-38-29(33-26)19-34(18-24-11-7-8-12-25(24)31)16-15-22-13-14-27(36-2)28(17-22)37-3/h4-14,17,20-21H,15-16,18-19H2,1-3H3,(H,32,35). The van der Waals surface area contributed by atoms with Gasteiger partial charge < -0.3 is 14.8 Å². The van der Waals surface area contributed by atoms with Crippen LogP contribution in [0.1, 0.15) is 45.2 Å². The van der Waals surface area contributed by atoms with Gasteiger partial charge in [-0.2, -0.15) is 0 Å². The Hall–Kier alpha value is -3.75. The number of nitrogens with zero attached hydrogens (tertiary/aromatic N) is 2. The molecule has 0 aliphatic carbocycles. The van der Waals surface area contributed by atoms with Gasteiger partial charge in [-0.25, -0.2) is 9.37 Å². The number of benzene rings is 3. The molecular formula is C30H32FN3O3S. The van der Waals surface area contributed by atoms with Crippen LogP contribution >= 0.6 is 11.3 Å². The van der Waals surface area contributed by atoms with Crippen LogP contribution in [-0.2, 0) is 19.5 Å². The van der Waals surface area contributed by atoms with Crippen molar-refractivity contribution in [1.29, 1.82) is 0 Å². The average molecular weight is 534 g/mol. The summed E-state index contributed by atoms with van der Waals surface area (Å²) in [4.78, 5) is 19.6. The number of carbonyl (C=O) groups excluding carboxylic acids is 1. The molecule has 0 spiro atoms. The summed E-state index contributed by atoms with van der Waals surface area (Å²) < 4.78 is 25.3. The van der Waals surface area contributed by atoms with E-state index in [4.69, 9.17) is 9.47 Å². The van der Waals surface area contributed by atoms with E-state index in [-0.39, 0.29) is 17.8 Å². The molecule has 4 aromatic rings. The van der Waals surface area contributed by atoms with Crippen LogP contribution < -0.4 is 14.8 Å². The topological polar surface area (TPSA) is 63.7 Å². The van der Waals surface area contributed by atoms with Crippen molar-refractivity contribution in [3.63, 3.8) is 0 Å². The lowest BCUT2D eigenvalue weighted by Gasteiger charge is -2.22. The number of amides is 1. The normalized spacial score (nSPS) is 11.8. The maximum atomic E-state index is 14.5. The number of carbonyl (C=O) groups is 1. The van der Waals surface area contributed by atoms with E-state index in [0.29, 0.717) is 42.4 Å². The first-order chi connectivity index (χ1) is 18.5. The zero-order valence-electron chi connectivity index (χ0n) is 21.8. The lowest BCUT2D eigenvalue weighted by atomic mass is 10.1. The summed E-state index contributed by atoms with van der Waals surface area (Å²) >= 11 is 1.43. The summed E-state index contributed by atoms with van der Waals surface area (Å²) in [5.74, 6) is 0.896. The highest BCUT2D eigenvalue weighted by atomic mass is 32.1. The fourth-order valence-electron chi connectivity index (χ4n) is 4.18. The predicted molar refractivity (Wildman–Crippen MR) is 148 cm³/mol. The third kappa shape index (κ3) is 7.18. The van der Waals surface area contributed by atoms with Crippen LogP contribution in [0, 0.1) is 5.82 Å². The van der Waals surface area contributed by atoms with Crippen molar-refractivity contribution in [2.24, 2.45) is 0 Å². The lowest BCUT2D eigenvalue weighted by molar-refractivity contribution is 0.0935. The Morgan fingerprint density at radius 1 is 1.00 bits per heavy atom. The van der Waals surface area contributed by atoms with E-state index < -0.39 is 0 Å². The summed E-state index contributed by atoms with van der Waals surface area (Å²) in [7, 11) is 3.22. The van der Waals surface area contributed by atoms with E-state index in [1.807, 2.05) is 61.5 Å². The number of methoxy groups -OCH3 is 2. The molecule has 0 saturated heterocycles. The summed E-state index contributed by atoms with van der Waals surface area (Å²) in [6, 6.07) is 22.3. The number of aromatic nitrogens is 1. The van der Waals surface area contributed by atoms with Gasteiger partial charge in [0.2, 0.25) is 0 Å². The van der Waals surface area contributed by atoms with E-state index in [1.54, 1.807) is 31.7 Å². The van der Waals surface area contributed by atoms with Gasteiger partial charge in [0.05, 0.1) is 26.8 Å². The van der Waals surface area contributed by atoms with E-state index in [2.05, 4.69) is 15.2 Å². The van der Waals surface area contributed by atoms with E-state index >= 15 is 0 Å². The highest BCUT2D eigenvalue weighted by Crippen LogP contribution is 2.28. The van der Waals surface area contributed by atoms with Crippen molar-refractivity contribution >= 4 is 17.2 Å². The zero-order valence-corrected chi connectivity index (χ0v) is 22.6. The Bertz CT molecular complexity index is 1350. The second-order valence-electron chi connectivity index (χ2n) is 8.97. The predicted octanol–water partition coefficient (Wildman–Crippen LogP) is 6.04. The molecule has 0 bridgehead atoms. The Kier molecular flexibility index (Phi) is 9.46. The Labute approximate surface area is 227 Å². The molecule has 198 valence electrons. The molecule has 1 aromatic heterocycles. The van der Waals surface area contributed by atoms with E-state index in [9.17, 15) is 9.18 Å². The van der Waals surface area contributed by atoms with Gasteiger partial charge in [0.15, 0.2) is 11.5 Å². The minimum atomic E-state index is -0.238. The third-order valence-electron chi connectivity index (χ3n) is 6.31. The molecule has 1 amide bonds. The first-order valence-corrected chi connectivity index (χ1v) is 13.3. The van der Waals surface area contributed by atoms with Gasteiger partial charge in [-0.05, 0) is 42.7 Å². The summed E-state index contributed by atoms with van der Waals surface area (Å²) in [6.07, 6.45) is 0.724. The molecule has 3 aromatic carbocycles. The molecule has 4 rings (SSSR count). The SMILES string of the molecule is COc1ccc(CCN(Cc2nc(C(=O)NC(C)c3ccccc3)cs2)Cc2ccccc2F)cc1OC. The number of ether oxygens (including phenoxy) is 2. The highest BCUT2D eigenvalue weighted by molar-refractivity contribution is 7.09. The molecule has 1 atom stereocenters. The number of rotatable bonds is 12. The maximum Gasteiger partial charge on any atom is 0.271 e. The van der Waals surface area contributed by atoms with E-state index in [1.165, 1.54) is 17.4 Å². The van der Waals surface area contributed by atoms with Gasteiger partial charge in [-0.1, -0.05) is 54.6 Å². The monoisotopic (exact) mass is 533 g/mol. The molecule has 0 aliphatic heterocycles. The van der Waals surface area contributed by atoms with Gasteiger partial charge >= 0.3 is 0 Å². The molecule has 0 radical (unpaired) electrons. The molecule has 38 heavy (non-hydrogen) atoms. The van der Waals surface area contributed by atoms with Crippen molar-refractivity contribution in [3.8, 4) is 11.5 Å². The summed E-state index contributed by atoms with van der Waals surface area (Å²) in [6.45, 7) is 3.53. The van der Waals surface area contributed by atoms with Crippen LogP contribution in [0.3, 0.4) is 0 Å². The molecule has 0 saturated carbocycles. The Balaban J connectivity index is 1.46. The first kappa shape index (κ1) is 27.3.